The molecule has 2 aromatic heterocycles. The maximum absolute atomic E-state index is 12.8. The zero-order valence-electron chi connectivity index (χ0n) is 14.3. The second kappa shape index (κ2) is 6.55. The van der Waals surface area contributed by atoms with E-state index in [-0.39, 0.29) is 17.6 Å². The van der Waals surface area contributed by atoms with Gasteiger partial charge >= 0.3 is 6.03 Å². The Morgan fingerprint density at radius 3 is 2.88 bits per heavy atom. The van der Waals surface area contributed by atoms with Crippen LogP contribution in [0.3, 0.4) is 0 Å². The molecule has 1 N–H and O–H groups in total. The SMILES string of the molecule is Cc1ccn(C)c(=O)c1NC(=O)N1CC[C@H](C)C[C@H]1c1ccco1. The molecule has 1 aliphatic heterocycles. The van der Waals surface area contributed by atoms with Gasteiger partial charge in [-0.05, 0) is 49.4 Å². The lowest BCUT2D eigenvalue weighted by Crippen LogP contribution is -2.43. The molecule has 0 saturated carbocycles. The van der Waals surface area contributed by atoms with Crippen molar-refractivity contribution in [2.45, 2.75) is 32.7 Å². The third-order valence-electron chi connectivity index (χ3n) is 4.71. The monoisotopic (exact) mass is 329 g/mol. The first-order valence-electron chi connectivity index (χ1n) is 8.24. The molecule has 3 heterocycles. The largest absolute Gasteiger partial charge is 0.467 e. The van der Waals surface area contributed by atoms with Crippen LogP contribution in [0.15, 0.2) is 39.9 Å². The Hall–Kier alpha value is -2.50. The van der Waals surface area contributed by atoms with E-state index in [2.05, 4.69) is 12.2 Å². The molecule has 2 amide bonds. The van der Waals surface area contributed by atoms with Gasteiger partial charge in [0.15, 0.2) is 0 Å². The van der Waals surface area contributed by atoms with E-state index in [1.54, 1.807) is 24.4 Å². The molecular formula is C18H23N3O3. The number of aromatic nitrogens is 1. The minimum absolute atomic E-state index is 0.100. The van der Waals surface area contributed by atoms with Crippen LogP contribution in [0.25, 0.3) is 0 Å². The van der Waals surface area contributed by atoms with Crippen LogP contribution < -0.4 is 10.9 Å². The number of aryl methyl sites for hydroxylation is 2. The van der Waals surface area contributed by atoms with Crippen LogP contribution in [-0.4, -0.2) is 22.0 Å². The molecule has 6 heteroatoms. The predicted molar refractivity (Wildman–Crippen MR) is 92.0 cm³/mol. The Labute approximate surface area is 141 Å². The van der Waals surface area contributed by atoms with Crippen molar-refractivity contribution in [3.8, 4) is 0 Å². The summed E-state index contributed by atoms with van der Waals surface area (Å²) in [5.41, 5.74) is 0.886. The van der Waals surface area contributed by atoms with E-state index in [4.69, 9.17) is 4.42 Å². The van der Waals surface area contributed by atoms with Gasteiger partial charge in [0.25, 0.3) is 5.56 Å². The normalized spacial score (nSPS) is 20.9. The van der Waals surface area contributed by atoms with E-state index >= 15 is 0 Å². The molecule has 2 atom stereocenters. The number of furan rings is 1. The van der Waals surface area contributed by atoms with Gasteiger partial charge in [-0.1, -0.05) is 6.92 Å². The topological polar surface area (TPSA) is 67.5 Å². The number of rotatable bonds is 2. The zero-order chi connectivity index (χ0) is 17.3. The number of carbonyl (C=O) groups is 1. The third-order valence-corrected chi connectivity index (χ3v) is 4.71. The van der Waals surface area contributed by atoms with Gasteiger partial charge in [-0.15, -0.1) is 0 Å². The molecule has 2 aromatic rings. The Balaban J connectivity index is 1.86. The molecule has 6 nitrogen and oxygen atoms in total. The highest BCUT2D eigenvalue weighted by molar-refractivity contribution is 5.90. The lowest BCUT2D eigenvalue weighted by molar-refractivity contribution is 0.129. The third kappa shape index (κ3) is 3.09. The molecular weight excluding hydrogens is 306 g/mol. The number of likely N-dealkylation sites (tertiary alicyclic amines) is 1. The molecule has 0 aromatic carbocycles. The maximum atomic E-state index is 12.8. The number of carbonyl (C=O) groups excluding carboxylic acids is 1. The molecule has 0 radical (unpaired) electrons. The first kappa shape index (κ1) is 16.4. The molecule has 1 aliphatic rings. The van der Waals surface area contributed by atoms with Gasteiger partial charge in [0, 0.05) is 19.8 Å². The smallest absolute Gasteiger partial charge is 0.322 e. The van der Waals surface area contributed by atoms with Crippen molar-refractivity contribution < 1.29 is 9.21 Å². The zero-order valence-corrected chi connectivity index (χ0v) is 14.3. The summed E-state index contributed by atoms with van der Waals surface area (Å²) in [6, 6.07) is 5.20. The summed E-state index contributed by atoms with van der Waals surface area (Å²) in [4.78, 5) is 26.9. The molecule has 0 spiro atoms. The number of hydrogen-bond acceptors (Lipinski definition) is 3. The van der Waals surface area contributed by atoms with Gasteiger partial charge in [0.1, 0.15) is 11.4 Å². The molecule has 0 unspecified atom stereocenters. The van der Waals surface area contributed by atoms with Gasteiger partial charge in [0.2, 0.25) is 0 Å². The summed E-state index contributed by atoms with van der Waals surface area (Å²) >= 11 is 0. The van der Waals surface area contributed by atoms with Crippen LogP contribution in [0.5, 0.6) is 0 Å². The fraction of sp³-hybridized carbons (Fsp3) is 0.444. The molecule has 0 aliphatic carbocycles. The van der Waals surface area contributed by atoms with E-state index in [1.165, 1.54) is 4.57 Å². The van der Waals surface area contributed by atoms with E-state index in [0.29, 0.717) is 18.2 Å². The maximum Gasteiger partial charge on any atom is 0.322 e. The summed E-state index contributed by atoms with van der Waals surface area (Å²) in [5.74, 6) is 1.31. The number of amides is 2. The first-order valence-corrected chi connectivity index (χ1v) is 8.24. The van der Waals surface area contributed by atoms with Crippen molar-refractivity contribution in [3.05, 3.63) is 52.3 Å². The van der Waals surface area contributed by atoms with E-state index in [1.807, 2.05) is 25.1 Å². The Kier molecular flexibility index (Phi) is 4.46. The van der Waals surface area contributed by atoms with Gasteiger partial charge < -0.3 is 19.2 Å². The summed E-state index contributed by atoms with van der Waals surface area (Å²) < 4.78 is 6.99. The second-order valence-electron chi connectivity index (χ2n) is 6.57. The number of nitrogens with one attached hydrogen (secondary N) is 1. The lowest BCUT2D eigenvalue weighted by atomic mass is 9.91. The number of pyridine rings is 1. The van der Waals surface area contributed by atoms with Crippen molar-refractivity contribution in [1.82, 2.24) is 9.47 Å². The molecule has 24 heavy (non-hydrogen) atoms. The molecule has 0 bridgehead atoms. The minimum Gasteiger partial charge on any atom is -0.467 e. The highest BCUT2D eigenvalue weighted by Crippen LogP contribution is 2.34. The molecule has 1 fully saturated rings. The van der Waals surface area contributed by atoms with Crippen molar-refractivity contribution in [2.24, 2.45) is 13.0 Å². The summed E-state index contributed by atoms with van der Waals surface area (Å²) in [6.45, 7) is 4.64. The van der Waals surface area contributed by atoms with Gasteiger partial charge in [-0.2, -0.15) is 0 Å². The minimum atomic E-state index is -0.255. The van der Waals surface area contributed by atoms with Crippen molar-refractivity contribution in [3.63, 3.8) is 0 Å². The average molecular weight is 329 g/mol. The molecule has 128 valence electrons. The number of anilines is 1. The number of hydrogen-bond donors (Lipinski definition) is 1. The van der Waals surface area contributed by atoms with Crippen LogP contribution in [0, 0.1) is 12.8 Å². The van der Waals surface area contributed by atoms with Crippen LogP contribution in [0.2, 0.25) is 0 Å². The number of nitrogens with zero attached hydrogens (tertiary/aromatic N) is 2. The highest BCUT2D eigenvalue weighted by Gasteiger charge is 2.33. The van der Waals surface area contributed by atoms with Crippen LogP contribution >= 0.6 is 0 Å². The van der Waals surface area contributed by atoms with Gasteiger partial charge in [-0.3, -0.25) is 4.79 Å². The number of urea groups is 1. The average Bonchev–Trinajstić information content (AvgIpc) is 3.09. The van der Waals surface area contributed by atoms with E-state index in [9.17, 15) is 9.59 Å². The highest BCUT2D eigenvalue weighted by atomic mass is 16.3. The first-order chi connectivity index (χ1) is 11.5. The summed E-state index contributed by atoms with van der Waals surface area (Å²) in [5, 5.41) is 2.81. The Bertz CT molecular complexity index is 779. The molecule has 3 rings (SSSR count). The van der Waals surface area contributed by atoms with Crippen molar-refractivity contribution >= 4 is 11.7 Å². The Morgan fingerprint density at radius 2 is 2.17 bits per heavy atom. The van der Waals surface area contributed by atoms with Crippen molar-refractivity contribution in [2.75, 3.05) is 11.9 Å². The van der Waals surface area contributed by atoms with Gasteiger partial charge in [0.05, 0.1) is 12.3 Å². The fourth-order valence-electron chi connectivity index (χ4n) is 3.19. The lowest BCUT2D eigenvalue weighted by Gasteiger charge is -2.37. The fourth-order valence-corrected chi connectivity index (χ4v) is 3.19. The summed E-state index contributed by atoms with van der Waals surface area (Å²) in [6.07, 6.45) is 5.12. The molecule has 1 saturated heterocycles. The van der Waals surface area contributed by atoms with E-state index < -0.39 is 0 Å². The Morgan fingerprint density at radius 1 is 1.38 bits per heavy atom. The summed E-state index contributed by atoms with van der Waals surface area (Å²) in [7, 11) is 1.67. The van der Waals surface area contributed by atoms with E-state index in [0.717, 1.165) is 24.2 Å². The van der Waals surface area contributed by atoms with Crippen LogP contribution in [0.1, 0.15) is 37.1 Å². The van der Waals surface area contributed by atoms with Gasteiger partial charge in [-0.25, -0.2) is 4.79 Å². The number of piperidine rings is 1. The predicted octanol–water partition coefficient (Wildman–Crippen LogP) is 3.29. The van der Waals surface area contributed by atoms with Crippen molar-refractivity contribution in [1.29, 1.82) is 0 Å². The second-order valence-corrected chi connectivity index (χ2v) is 6.57. The van der Waals surface area contributed by atoms with Crippen LogP contribution in [-0.2, 0) is 7.05 Å². The quantitative estimate of drug-likeness (QED) is 0.919. The van der Waals surface area contributed by atoms with Crippen LogP contribution in [0.4, 0.5) is 10.5 Å². The standard InChI is InChI=1S/C18H23N3O3/c1-12-6-9-21(14(11-12)15-5-4-10-24-15)18(23)19-16-13(2)7-8-20(3)17(16)22/h4-5,7-8,10,12,14H,6,9,11H2,1-3H3,(H,19,23)/t12-,14-/m0/s1.